The Morgan fingerprint density at radius 2 is 2.25 bits per heavy atom. The number of hydrogen-bond acceptors (Lipinski definition) is 3. The van der Waals surface area contributed by atoms with E-state index in [2.05, 4.69) is 5.32 Å². The van der Waals surface area contributed by atoms with Crippen LogP contribution in [0.2, 0.25) is 0 Å². The number of nitrogens with one attached hydrogen (secondary N) is 1. The van der Waals surface area contributed by atoms with Crippen molar-refractivity contribution < 1.29 is 9.53 Å². The molecule has 1 N–H and O–H groups in total. The van der Waals surface area contributed by atoms with Gasteiger partial charge in [-0.3, -0.25) is 4.79 Å². The maximum absolute atomic E-state index is 11.7. The molecule has 0 aliphatic heterocycles. The first-order chi connectivity index (χ1) is 7.74. The van der Waals surface area contributed by atoms with E-state index >= 15 is 0 Å². The maximum Gasteiger partial charge on any atom is 0.254 e. The summed E-state index contributed by atoms with van der Waals surface area (Å²) in [5.41, 5.74) is 0.626. The van der Waals surface area contributed by atoms with E-state index in [0.29, 0.717) is 17.4 Å². The lowest BCUT2D eigenvalue weighted by Gasteiger charge is -2.11. The van der Waals surface area contributed by atoms with Crippen LogP contribution in [0.15, 0.2) is 23.1 Å². The molecule has 1 aliphatic carbocycles. The van der Waals surface area contributed by atoms with Gasteiger partial charge in [0.15, 0.2) is 0 Å². The summed E-state index contributed by atoms with van der Waals surface area (Å²) in [7, 11) is 1.63. The standard InChI is InChI=1S/C12H15NO2S/c1-13-12(14)10-7-9(16-2)5-6-11(10)15-8-3-4-8/h5-8H,3-4H2,1-2H3,(H,13,14). The van der Waals surface area contributed by atoms with Gasteiger partial charge in [-0.2, -0.15) is 0 Å². The van der Waals surface area contributed by atoms with Crippen molar-refractivity contribution >= 4 is 17.7 Å². The Morgan fingerprint density at radius 3 is 2.81 bits per heavy atom. The summed E-state index contributed by atoms with van der Waals surface area (Å²) in [6, 6.07) is 5.74. The lowest BCUT2D eigenvalue weighted by atomic mass is 10.2. The molecule has 0 radical (unpaired) electrons. The Balaban J connectivity index is 2.29. The van der Waals surface area contributed by atoms with Gasteiger partial charge >= 0.3 is 0 Å². The Bertz CT molecular complexity index is 402. The molecule has 1 fully saturated rings. The Hall–Kier alpha value is -1.16. The fourth-order valence-corrected chi connectivity index (χ4v) is 1.86. The van der Waals surface area contributed by atoms with Gasteiger partial charge in [-0.1, -0.05) is 0 Å². The summed E-state index contributed by atoms with van der Waals surface area (Å²) in [5.74, 6) is 0.603. The van der Waals surface area contributed by atoms with E-state index < -0.39 is 0 Å². The summed E-state index contributed by atoms with van der Waals surface area (Å²) in [5, 5.41) is 2.64. The van der Waals surface area contributed by atoms with Gasteiger partial charge in [-0.25, -0.2) is 0 Å². The molecule has 86 valence electrons. The molecule has 0 bridgehead atoms. The summed E-state index contributed by atoms with van der Waals surface area (Å²) in [6.07, 6.45) is 4.49. The van der Waals surface area contributed by atoms with Gasteiger partial charge in [0.2, 0.25) is 0 Å². The van der Waals surface area contributed by atoms with Crippen molar-refractivity contribution in [2.24, 2.45) is 0 Å². The molecule has 0 spiro atoms. The van der Waals surface area contributed by atoms with Crippen LogP contribution in [0.3, 0.4) is 0 Å². The highest BCUT2D eigenvalue weighted by Gasteiger charge is 2.25. The summed E-state index contributed by atoms with van der Waals surface area (Å²) < 4.78 is 5.71. The lowest BCUT2D eigenvalue weighted by molar-refractivity contribution is 0.0958. The number of carbonyl (C=O) groups is 1. The molecular weight excluding hydrogens is 222 g/mol. The summed E-state index contributed by atoms with van der Waals surface area (Å²) in [6.45, 7) is 0. The molecule has 0 aromatic heterocycles. The van der Waals surface area contributed by atoms with E-state index in [4.69, 9.17) is 4.74 Å². The minimum Gasteiger partial charge on any atom is -0.490 e. The van der Waals surface area contributed by atoms with Gasteiger partial charge in [0.1, 0.15) is 5.75 Å². The summed E-state index contributed by atoms with van der Waals surface area (Å²) >= 11 is 1.62. The lowest BCUT2D eigenvalue weighted by Crippen LogP contribution is -2.19. The minimum absolute atomic E-state index is 0.0912. The van der Waals surface area contributed by atoms with Crippen LogP contribution in [0.1, 0.15) is 23.2 Å². The average Bonchev–Trinajstić information content (AvgIpc) is 3.12. The Labute approximate surface area is 99.6 Å². The first kappa shape index (κ1) is 11.3. The molecule has 16 heavy (non-hydrogen) atoms. The third kappa shape index (κ3) is 2.50. The predicted octanol–water partition coefficient (Wildman–Crippen LogP) is 2.31. The van der Waals surface area contributed by atoms with Crippen LogP contribution in [0.5, 0.6) is 5.75 Å². The second kappa shape index (κ2) is 4.78. The minimum atomic E-state index is -0.0912. The number of carbonyl (C=O) groups excluding carboxylic acids is 1. The van der Waals surface area contributed by atoms with Gasteiger partial charge in [-0.05, 0) is 37.3 Å². The molecule has 3 nitrogen and oxygen atoms in total. The number of benzene rings is 1. The molecule has 1 aromatic rings. The number of hydrogen-bond donors (Lipinski definition) is 1. The van der Waals surface area contributed by atoms with Crippen LogP contribution >= 0.6 is 11.8 Å². The molecular formula is C12H15NO2S. The smallest absolute Gasteiger partial charge is 0.254 e. The zero-order valence-corrected chi connectivity index (χ0v) is 10.3. The second-order valence-corrected chi connectivity index (χ2v) is 4.64. The summed E-state index contributed by atoms with van der Waals surface area (Å²) in [4.78, 5) is 12.8. The van der Waals surface area contributed by atoms with Crippen LogP contribution in [0.4, 0.5) is 0 Å². The zero-order valence-electron chi connectivity index (χ0n) is 9.45. The fourth-order valence-electron chi connectivity index (χ4n) is 1.42. The second-order valence-electron chi connectivity index (χ2n) is 3.76. The van der Waals surface area contributed by atoms with E-state index in [-0.39, 0.29) is 5.91 Å². The molecule has 4 heteroatoms. The van der Waals surface area contributed by atoms with Gasteiger partial charge in [0.25, 0.3) is 5.91 Å². The van der Waals surface area contributed by atoms with Crippen molar-refractivity contribution in [3.05, 3.63) is 23.8 Å². The van der Waals surface area contributed by atoms with Crippen molar-refractivity contribution in [3.8, 4) is 5.75 Å². The first-order valence-electron chi connectivity index (χ1n) is 5.31. The van der Waals surface area contributed by atoms with E-state index in [1.165, 1.54) is 0 Å². The zero-order chi connectivity index (χ0) is 11.5. The molecule has 1 saturated carbocycles. The first-order valence-corrected chi connectivity index (χ1v) is 6.54. The number of ether oxygens (including phenoxy) is 1. The molecule has 1 aromatic carbocycles. The monoisotopic (exact) mass is 237 g/mol. The number of rotatable bonds is 4. The third-order valence-corrected chi connectivity index (χ3v) is 3.20. The van der Waals surface area contributed by atoms with E-state index in [1.807, 2.05) is 24.5 Å². The fraction of sp³-hybridized carbons (Fsp3) is 0.417. The Morgan fingerprint density at radius 1 is 1.50 bits per heavy atom. The molecule has 0 unspecified atom stereocenters. The van der Waals surface area contributed by atoms with Crippen molar-refractivity contribution in [2.75, 3.05) is 13.3 Å². The largest absolute Gasteiger partial charge is 0.490 e. The maximum atomic E-state index is 11.7. The van der Waals surface area contributed by atoms with Crippen LogP contribution in [-0.2, 0) is 0 Å². The van der Waals surface area contributed by atoms with E-state index in [0.717, 1.165) is 17.7 Å². The number of thioether (sulfide) groups is 1. The van der Waals surface area contributed by atoms with Gasteiger partial charge in [0.05, 0.1) is 11.7 Å². The molecule has 0 saturated heterocycles. The predicted molar refractivity (Wildman–Crippen MR) is 65.3 cm³/mol. The van der Waals surface area contributed by atoms with Gasteiger partial charge in [-0.15, -0.1) is 11.8 Å². The number of amides is 1. The molecule has 1 amide bonds. The highest BCUT2D eigenvalue weighted by atomic mass is 32.2. The SMILES string of the molecule is CNC(=O)c1cc(SC)ccc1OC1CC1. The average molecular weight is 237 g/mol. The molecule has 0 heterocycles. The van der Waals surface area contributed by atoms with Crippen molar-refractivity contribution in [2.45, 2.75) is 23.8 Å². The third-order valence-electron chi connectivity index (χ3n) is 2.48. The molecule has 2 rings (SSSR count). The van der Waals surface area contributed by atoms with Crippen LogP contribution < -0.4 is 10.1 Å². The van der Waals surface area contributed by atoms with Crippen molar-refractivity contribution in [3.63, 3.8) is 0 Å². The van der Waals surface area contributed by atoms with E-state index in [1.54, 1.807) is 18.8 Å². The normalized spacial score (nSPS) is 14.6. The van der Waals surface area contributed by atoms with Gasteiger partial charge < -0.3 is 10.1 Å². The topological polar surface area (TPSA) is 38.3 Å². The van der Waals surface area contributed by atoms with Crippen LogP contribution in [0, 0.1) is 0 Å². The van der Waals surface area contributed by atoms with Crippen molar-refractivity contribution in [1.82, 2.24) is 5.32 Å². The van der Waals surface area contributed by atoms with Crippen LogP contribution in [-0.4, -0.2) is 25.3 Å². The molecule has 0 atom stereocenters. The van der Waals surface area contributed by atoms with Crippen LogP contribution in [0.25, 0.3) is 0 Å². The van der Waals surface area contributed by atoms with E-state index in [9.17, 15) is 4.79 Å². The van der Waals surface area contributed by atoms with Crippen molar-refractivity contribution in [1.29, 1.82) is 0 Å². The highest BCUT2D eigenvalue weighted by molar-refractivity contribution is 7.98. The van der Waals surface area contributed by atoms with Gasteiger partial charge in [0, 0.05) is 11.9 Å². The highest BCUT2D eigenvalue weighted by Crippen LogP contribution is 2.31. The quantitative estimate of drug-likeness (QED) is 0.817. The molecule has 1 aliphatic rings. The Kier molecular flexibility index (Phi) is 3.39.